The third kappa shape index (κ3) is 6.31. The molecule has 0 aliphatic heterocycles. The summed E-state index contributed by atoms with van der Waals surface area (Å²) in [5.41, 5.74) is 0.689. The summed E-state index contributed by atoms with van der Waals surface area (Å²) in [5, 5.41) is 2.74. The highest BCUT2D eigenvalue weighted by Crippen LogP contribution is 2.10. The van der Waals surface area contributed by atoms with Crippen molar-refractivity contribution >= 4 is 22.0 Å². The highest BCUT2D eigenvalue weighted by molar-refractivity contribution is 9.09. The average Bonchev–Trinajstić information content (AvgIpc) is 2.15. The van der Waals surface area contributed by atoms with E-state index in [-0.39, 0.29) is 4.95 Å². The SMILES string of the molecule is CC(C)(C)OC(=O)NC(Br)Cc1ccccc1. The van der Waals surface area contributed by atoms with Gasteiger partial charge < -0.3 is 10.1 Å². The Balaban J connectivity index is 2.40. The van der Waals surface area contributed by atoms with Gasteiger partial charge >= 0.3 is 6.09 Å². The maximum Gasteiger partial charge on any atom is 0.408 e. The number of alkyl carbamates (subject to hydrolysis) is 1. The van der Waals surface area contributed by atoms with Gasteiger partial charge in [0.05, 0.1) is 4.95 Å². The number of benzene rings is 1. The molecule has 3 nitrogen and oxygen atoms in total. The van der Waals surface area contributed by atoms with Gasteiger partial charge in [0.2, 0.25) is 0 Å². The molecule has 1 unspecified atom stereocenters. The van der Waals surface area contributed by atoms with Crippen LogP contribution >= 0.6 is 15.9 Å². The highest BCUT2D eigenvalue weighted by Gasteiger charge is 2.18. The van der Waals surface area contributed by atoms with Crippen LogP contribution in [0.2, 0.25) is 0 Å². The zero-order chi connectivity index (χ0) is 12.9. The molecule has 0 bridgehead atoms. The first-order valence-corrected chi connectivity index (χ1v) is 6.46. The minimum atomic E-state index is -0.469. The molecule has 0 radical (unpaired) electrons. The molecule has 0 saturated carbocycles. The molecule has 0 aliphatic rings. The fraction of sp³-hybridized carbons (Fsp3) is 0.462. The first kappa shape index (κ1) is 14.0. The van der Waals surface area contributed by atoms with Gasteiger partial charge in [-0.1, -0.05) is 46.3 Å². The number of hydrogen-bond donors (Lipinski definition) is 1. The minimum Gasteiger partial charge on any atom is -0.444 e. The number of halogens is 1. The fourth-order valence-electron chi connectivity index (χ4n) is 1.31. The van der Waals surface area contributed by atoms with Crippen LogP contribution in [0, 0.1) is 0 Å². The van der Waals surface area contributed by atoms with Crippen molar-refractivity contribution in [3.05, 3.63) is 35.9 Å². The van der Waals surface area contributed by atoms with E-state index in [2.05, 4.69) is 21.2 Å². The van der Waals surface area contributed by atoms with E-state index < -0.39 is 11.7 Å². The summed E-state index contributed by atoms with van der Waals surface area (Å²) in [6.07, 6.45) is 0.315. The summed E-state index contributed by atoms with van der Waals surface area (Å²) in [6.45, 7) is 5.52. The molecule has 17 heavy (non-hydrogen) atoms. The molecule has 94 valence electrons. The first-order valence-electron chi connectivity index (χ1n) is 5.54. The summed E-state index contributed by atoms with van der Waals surface area (Å²) >= 11 is 3.41. The molecule has 0 spiro atoms. The topological polar surface area (TPSA) is 38.3 Å². The van der Waals surface area contributed by atoms with Crippen LogP contribution < -0.4 is 5.32 Å². The average molecular weight is 300 g/mol. The van der Waals surface area contributed by atoms with E-state index in [0.29, 0.717) is 0 Å². The Morgan fingerprint density at radius 2 is 1.94 bits per heavy atom. The van der Waals surface area contributed by atoms with Crippen molar-refractivity contribution in [1.29, 1.82) is 0 Å². The van der Waals surface area contributed by atoms with Gasteiger partial charge in [0.15, 0.2) is 0 Å². The van der Waals surface area contributed by atoms with Crippen molar-refractivity contribution in [2.75, 3.05) is 0 Å². The molecule has 0 saturated heterocycles. The van der Waals surface area contributed by atoms with E-state index in [4.69, 9.17) is 4.74 Å². The molecule has 1 amide bonds. The molecule has 4 heteroatoms. The van der Waals surface area contributed by atoms with Crippen molar-refractivity contribution in [2.45, 2.75) is 37.7 Å². The molecular weight excluding hydrogens is 282 g/mol. The predicted octanol–water partition coefficient (Wildman–Crippen LogP) is 3.47. The maximum absolute atomic E-state index is 11.5. The molecule has 1 aromatic rings. The standard InChI is InChI=1S/C13H18BrNO2/c1-13(2,3)17-12(16)15-11(14)9-10-7-5-4-6-8-10/h4-8,11H,9H2,1-3H3,(H,15,16). The van der Waals surface area contributed by atoms with Crippen LogP contribution in [-0.2, 0) is 11.2 Å². The number of carbonyl (C=O) groups excluding carboxylic acids is 1. The van der Waals surface area contributed by atoms with Crippen LogP contribution in [-0.4, -0.2) is 16.6 Å². The van der Waals surface area contributed by atoms with Crippen molar-refractivity contribution in [2.24, 2.45) is 0 Å². The predicted molar refractivity (Wildman–Crippen MR) is 72.2 cm³/mol. The number of ether oxygens (including phenoxy) is 1. The highest BCUT2D eigenvalue weighted by atomic mass is 79.9. The number of amides is 1. The van der Waals surface area contributed by atoms with E-state index in [9.17, 15) is 4.79 Å². The Labute approximate surface area is 111 Å². The summed E-state index contributed by atoms with van der Waals surface area (Å²) < 4.78 is 5.17. The zero-order valence-electron chi connectivity index (χ0n) is 10.4. The fourth-order valence-corrected chi connectivity index (χ4v) is 1.87. The lowest BCUT2D eigenvalue weighted by molar-refractivity contribution is 0.0523. The number of nitrogens with one attached hydrogen (secondary N) is 1. The second-order valence-electron chi connectivity index (χ2n) is 4.80. The van der Waals surface area contributed by atoms with E-state index in [0.717, 1.165) is 12.0 Å². The van der Waals surface area contributed by atoms with Crippen molar-refractivity contribution < 1.29 is 9.53 Å². The van der Waals surface area contributed by atoms with Gasteiger partial charge in [-0.05, 0) is 26.3 Å². The quantitative estimate of drug-likeness (QED) is 0.685. The third-order valence-electron chi connectivity index (χ3n) is 1.93. The van der Waals surface area contributed by atoms with E-state index in [1.54, 1.807) is 0 Å². The lowest BCUT2D eigenvalue weighted by Crippen LogP contribution is -2.37. The first-order chi connectivity index (χ1) is 7.87. The largest absolute Gasteiger partial charge is 0.444 e. The Morgan fingerprint density at radius 1 is 1.35 bits per heavy atom. The molecule has 1 N–H and O–H groups in total. The van der Waals surface area contributed by atoms with Gasteiger partial charge in [0.25, 0.3) is 0 Å². The molecule has 1 atom stereocenters. The number of carbonyl (C=O) groups is 1. The summed E-state index contributed by atoms with van der Waals surface area (Å²) in [5.74, 6) is 0. The molecule has 0 heterocycles. The minimum absolute atomic E-state index is 0.125. The third-order valence-corrected chi connectivity index (χ3v) is 2.48. The number of alkyl halides is 1. The van der Waals surface area contributed by atoms with Crippen LogP contribution in [0.5, 0.6) is 0 Å². The van der Waals surface area contributed by atoms with Crippen molar-refractivity contribution in [1.82, 2.24) is 5.32 Å². The summed E-state index contributed by atoms with van der Waals surface area (Å²) in [7, 11) is 0. The molecule has 0 aromatic heterocycles. The molecular formula is C13H18BrNO2. The Kier molecular flexibility index (Phi) is 5.00. The van der Waals surface area contributed by atoms with Gasteiger partial charge in [0.1, 0.15) is 5.60 Å². The van der Waals surface area contributed by atoms with E-state index in [1.807, 2.05) is 51.1 Å². The van der Waals surface area contributed by atoms with Gasteiger partial charge in [-0.2, -0.15) is 0 Å². The van der Waals surface area contributed by atoms with E-state index >= 15 is 0 Å². The summed E-state index contributed by atoms with van der Waals surface area (Å²) in [6, 6.07) is 9.95. The normalized spacial score (nSPS) is 12.9. The van der Waals surface area contributed by atoms with Gasteiger partial charge in [-0.3, -0.25) is 0 Å². The van der Waals surface area contributed by atoms with Gasteiger partial charge in [-0.25, -0.2) is 4.79 Å². The van der Waals surface area contributed by atoms with Crippen molar-refractivity contribution in [3.8, 4) is 0 Å². The maximum atomic E-state index is 11.5. The van der Waals surface area contributed by atoms with Crippen LogP contribution in [0.15, 0.2) is 30.3 Å². The van der Waals surface area contributed by atoms with Gasteiger partial charge in [-0.15, -0.1) is 0 Å². The Hall–Kier alpha value is -1.03. The number of hydrogen-bond acceptors (Lipinski definition) is 2. The molecule has 0 fully saturated rings. The van der Waals surface area contributed by atoms with Gasteiger partial charge in [0, 0.05) is 6.42 Å². The number of rotatable bonds is 3. The van der Waals surface area contributed by atoms with Crippen LogP contribution in [0.3, 0.4) is 0 Å². The lowest BCUT2D eigenvalue weighted by Gasteiger charge is -2.21. The molecule has 1 aromatic carbocycles. The second kappa shape index (κ2) is 6.05. The zero-order valence-corrected chi connectivity index (χ0v) is 12.0. The monoisotopic (exact) mass is 299 g/mol. The molecule has 1 rings (SSSR count). The summed E-state index contributed by atoms with van der Waals surface area (Å²) in [4.78, 5) is 11.4. The lowest BCUT2D eigenvalue weighted by atomic mass is 10.1. The van der Waals surface area contributed by atoms with E-state index in [1.165, 1.54) is 0 Å². The second-order valence-corrected chi connectivity index (χ2v) is 5.91. The molecule has 0 aliphatic carbocycles. The van der Waals surface area contributed by atoms with Crippen LogP contribution in [0.4, 0.5) is 4.79 Å². The smallest absolute Gasteiger partial charge is 0.408 e. The van der Waals surface area contributed by atoms with Crippen LogP contribution in [0.1, 0.15) is 26.3 Å². The Morgan fingerprint density at radius 3 is 2.47 bits per heavy atom. The van der Waals surface area contributed by atoms with Crippen molar-refractivity contribution in [3.63, 3.8) is 0 Å². The van der Waals surface area contributed by atoms with Crippen LogP contribution in [0.25, 0.3) is 0 Å². The Bertz CT molecular complexity index is 359.